The molecule has 13 heavy (non-hydrogen) atoms. The normalized spacial score (nSPS) is 12.5. The molecule has 0 unspecified atom stereocenters. The van der Waals surface area contributed by atoms with E-state index in [0.717, 1.165) is 5.56 Å². The summed E-state index contributed by atoms with van der Waals surface area (Å²) in [5.74, 6) is 0.434. The molecule has 74 valence electrons. The molecule has 1 heterocycles. The maximum atomic E-state index is 6.01. The summed E-state index contributed by atoms with van der Waals surface area (Å²) >= 11 is 6.01. The van der Waals surface area contributed by atoms with Gasteiger partial charge < -0.3 is 0 Å². The number of hydrogen-bond donors (Lipinski definition) is 0. The average Bonchev–Trinajstić information content (AvgIpc) is 2.29. The van der Waals surface area contributed by atoms with Gasteiger partial charge in [-0.3, -0.25) is 4.68 Å². The molecule has 0 amide bonds. The Morgan fingerprint density at radius 1 is 1.38 bits per heavy atom. The minimum Gasteiger partial charge on any atom is -0.266 e. The maximum absolute atomic E-state index is 6.01. The first-order chi connectivity index (χ1) is 5.82. The fourth-order valence-corrected chi connectivity index (χ4v) is 1.45. The van der Waals surface area contributed by atoms with Crippen molar-refractivity contribution in [1.29, 1.82) is 0 Å². The third-order valence-electron chi connectivity index (χ3n) is 2.00. The molecule has 0 radical (unpaired) electrons. The van der Waals surface area contributed by atoms with Crippen LogP contribution in [0.2, 0.25) is 5.15 Å². The molecule has 2 nitrogen and oxygen atoms in total. The Balaban J connectivity index is 3.10. The monoisotopic (exact) mass is 200 g/mol. The van der Waals surface area contributed by atoms with Gasteiger partial charge in [0.2, 0.25) is 0 Å². The van der Waals surface area contributed by atoms with Gasteiger partial charge in [-0.25, -0.2) is 0 Å². The molecule has 0 aliphatic rings. The molecule has 1 rings (SSSR count). The van der Waals surface area contributed by atoms with E-state index in [9.17, 15) is 0 Å². The highest BCUT2D eigenvalue weighted by Gasteiger charge is 2.18. The number of aromatic nitrogens is 2. The Kier molecular flexibility index (Phi) is 2.71. The third kappa shape index (κ3) is 2.25. The molecule has 0 aliphatic carbocycles. The minimum atomic E-state index is 0.0107. The van der Waals surface area contributed by atoms with Gasteiger partial charge in [0.05, 0.1) is 5.54 Å². The summed E-state index contributed by atoms with van der Waals surface area (Å²) < 4.78 is 1.92. The standard InChI is InChI=1S/C10H17ClN2/c1-7(2)8-6-13(10(3,4)5)12-9(8)11/h6-7H,1-5H3. The Morgan fingerprint density at radius 2 is 1.92 bits per heavy atom. The SMILES string of the molecule is CC(C)c1cn(C(C)(C)C)nc1Cl. The largest absolute Gasteiger partial charge is 0.266 e. The molecule has 0 fully saturated rings. The number of rotatable bonds is 1. The van der Waals surface area contributed by atoms with Gasteiger partial charge >= 0.3 is 0 Å². The van der Waals surface area contributed by atoms with Crippen molar-refractivity contribution in [3.63, 3.8) is 0 Å². The maximum Gasteiger partial charge on any atom is 0.154 e. The summed E-state index contributed by atoms with van der Waals surface area (Å²) in [5.41, 5.74) is 1.13. The molecular formula is C10H17ClN2. The second kappa shape index (κ2) is 3.33. The van der Waals surface area contributed by atoms with Crippen LogP contribution in [0.25, 0.3) is 0 Å². The predicted molar refractivity (Wildman–Crippen MR) is 56.3 cm³/mol. The van der Waals surface area contributed by atoms with Crippen molar-refractivity contribution in [3.05, 3.63) is 16.9 Å². The molecule has 0 saturated heterocycles. The van der Waals surface area contributed by atoms with Crippen molar-refractivity contribution in [2.45, 2.75) is 46.1 Å². The molecule has 0 aliphatic heterocycles. The Morgan fingerprint density at radius 3 is 2.15 bits per heavy atom. The van der Waals surface area contributed by atoms with Crippen LogP contribution in [0.15, 0.2) is 6.20 Å². The van der Waals surface area contributed by atoms with Crippen LogP contribution in [-0.4, -0.2) is 9.78 Å². The van der Waals surface area contributed by atoms with Crippen LogP contribution >= 0.6 is 11.6 Å². The van der Waals surface area contributed by atoms with Gasteiger partial charge in [0.25, 0.3) is 0 Å². The van der Waals surface area contributed by atoms with Crippen molar-refractivity contribution in [3.8, 4) is 0 Å². The van der Waals surface area contributed by atoms with Crippen LogP contribution < -0.4 is 0 Å². The van der Waals surface area contributed by atoms with Crippen molar-refractivity contribution in [1.82, 2.24) is 9.78 Å². The third-order valence-corrected chi connectivity index (χ3v) is 2.30. The molecule has 0 saturated carbocycles. The van der Waals surface area contributed by atoms with E-state index in [2.05, 4.69) is 39.7 Å². The highest BCUT2D eigenvalue weighted by molar-refractivity contribution is 6.30. The van der Waals surface area contributed by atoms with Gasteiger partial charge in [-0.1, -0.05) is 25.4 Å². The second-order valence-corrected chi connectivity index (χ2v) is 5.00. The minimum absolute atomic E-state index is 0.0107. The summed E-state index contributed by atoms with van der Waals surface area (Å²) in [4.78, 5) is 0. The van der Waals surface area contributed by atoms with Gasteiger partial charge in [-0.05, 0) is 26.7 Å². The average molecular weight is 201 g/mol. The van der Waals surface area contributed by atoms with Gasteiger partial charge in [0.1, 0.15) is 0 Å². The summed E-state index contributed by atoms with van der Waals surface area (Å²) in [5, 5.41) is 4.91. The van der Waals surface area contributed by atoms with Crippen LogP contribution in [-0.2, 0) is 5.54 Å². The number of hydrogen-bond acceptors (Lipinski definition) is 1. The summed E-state index contributed by atoms with van der Waals surface area (Å²) in [6, 6.07) is 0. The van der Waals surface area contributed by atoms with E-state index in [4.69, 9.17) is 11.6 Å². The lowest BCUT2D eigenvalue weighted by Crippen LogP contribution is -2.22. The highest BCUT2D eigenvalue weighted by Crippen LogP contribution is 2.25. The van der Waals surface area contributed by atoms with Gasteiger partial charge in [0.15, 0.2) is 5.15 Å². The molecule has 1 aromatic heterocycles. The molecule has 0 aromatic carbocycles. The molecule has 3 heteroatoms. The molecule has 0 bridgehead atoms. The van der Waals surface area contributed by atoms with E-state index in [-0.39, 0.29) is 5.54 Å². The fourth-order valence-electron chi connectivity index (χ4n) is 1.10. The fraction of sp³-hybridized carbons (Fsp3) is 0.700. The quantitative estimate of drug-likeness (QED) is 0.680. The first-order valence-corrected chi connectivity index (χ1v) is 4.95. The zero-order chi connectivity index (χ0) is 10.2. The molecular weight excluding hydrogens is 184 g/mol. The lowest BCUT2D eigenvalue weighted by molar-refractivity contribution is 0.355. The van der Waals surface area contributed by atoms with E-state index in [1.165, 1.54) is 0 Å². The lowest BCUT2D eigenvalue weighted by atomic mass is 10.1. The van der Waals surface area contributed by atoms with E-state index in [1.807, 2.05) is 10.9 Å². The first-order valence-electron chi connectivity index (χ1n) is 4.58. The molecule has 1 aromatic rings. The van der Waals surface area contributed by atoms with Crippen LogP contribution in [0, 0.1) is 0 Å². The molecule has 0 spiro atoms. The van der Waals surface area contributed by atoms with E-state index >= 15 is 0 Å². The lowest BCUT2D eigenvalue weighted by Gasteiger charge is -2.18. The topological polar surface area (TPSA) is 17.8 Å². The first kappa shape index (κ1) is 10.6. The summed E-state index contributed by atoms with van der Waals surface area (Å²) in [7, 11) is 0. The van der Waals surface area contributed by atoms with Crippen molar-refractivity contribution in [2.24, 2.45) is 0 Å². The Hall–Kier alpha value is -0.500. The Labute approximate surface area is 84.9 Å². The van der Waals surface area contributed by atoms with Crippen molar-refractivity contribution < 1.29 is 0 Å². The predicted octanol–water partition coefficient (Wildman–Crippen LogP) is 3.41. The van der Waals surface area contributed by atoms with Crippen molar-refractivity contribution in [2.75, 3.05) is 0 Å². The van der Waals surface area contributed by atoms with Crippen LogP contribution in [0.4, 0.5) is 0 Å². The zero-order valence-corrected chi connectivity index (χ0v) is 9.68. The second-order valence-electron chi connectivity index (χ2n) is 4.65. The van der Waals surface area contributed by atoms with Gasteiger partial charge in [0, 0.05) is 11.8 Å². The highest BCUT2D eigenvalue weighted by atomic mass is 35.5. The van der Waals surface area contributed by atoms with Crippen LogP contribution in [0.3, 0.4) is 0 Å². The van der Waals surface area contributed by atoms with E-state index < -0.39 is 0 Å². The van der Waals surface area contributed by atoms with Gasteiger partial charge in [-0.2, -0.15) is 5.10 Å². The smallest absolute Gasteiger partial charge is 0.154 e. The van der Waals surface area contributed by atoms with E-state index in [0.29, 0.717) is 11.1 Å². The van der Waals surface area contributed by atoms with Crippen molar-refractivity contribution >= 4 is 11.6 Å². The summed E-state index contributed by atoms with van der Waals surface area (Å²) in [6.07, 6.45) is 2.03. The van der Waals surface area contributed by atoms with E-state index in [1.54, 1.807) is 0 Å². The summed E-state index contributed by atoms with van der Waals surface area (Å²) in [6.45, 7) is 10.6. The molecule has 0 N–H and O–H groups in total. The Bertz CT molecular complexity index is 294. The number of nitrogens with zero attached hydrogens (tertiary/aromatic N) is 2. The number of halogens is 1. The van der Waals surface area contributed by atoms with Crippen LogP contribution in [0.1, 0.15) is 46.1 Å². The molecule has 0 atom stereocenters. The van der Waals surface area contributed by atoms with Gasteiger partial charge in [-0.15, -0.1) is 0 Å². The zero-order valence-electron chi connectivity index (χ0n) is 8.93. The van der Waals surface area contributed by atoms with Crippen LogP contribution in [0.5, 0.6) is 0 Å².